The van der Waals surface area contributed by atoms with Gasteiger partial charge in [0, 0.05) is 11.6 Å². The SMILES string of the molecule is CCOc1ccc(Oc2ccc(-c3cnc4ccccc4n3)cc2[N+](=O)[O-])cc1. The van der Waals surface area contributed by atoms with Crippen LogP contribution in [0.25, 0.3) is 22.3 Å². The molecule has 0 unspecified atom stereocenters. The van der Waals surface area contributed by atoms with Gasteiger partial charge in [-0.05, 0) is 55.5 Å². The average Bonchev–Trinajstić information content (AvgIpc) is 2.75. The summed E-state index contributed by atoms with van der Waals surface area (Å²) in [6.07, 6.45) is 1.61. The van der Waals surface area contributed by atoms with Crippen molar-refractivity contribution in [1.82, 2.24) is 9.97 Å². The normalized spacial score (nSPS) is 10.7. The third kappa shape index (κ3) is 3.98. The molecule has 1 heterocycles. The van der Waals surface area contributed by atoms with Gasteiger partial charge in [0.05, 0.1) is 34.5 Å². The zero-order valence-electron chi connectivity index (χ0n) is 15.6. The van der Waals surface area contributed by atoms with E-state index < -0.39 is 4.92 Å². The third-order valence-corrected chi connectivity index (χ3v) is 4.26. The molecule has 0 aliphatic rings. The van der Waals surface area contributed by atoms with Crippen molar-refractivity contribution in [3.05, 3.63) is 83.0 Å². The molecule has 0 saturated heterocycles. The molecule has 0 aliphatic carbocycles. The molecule has 3 aromatic carbocycles. The van der Waals surface area contributed by atoms with E-state index in [1.807, 2.05) is 31.2 Å². The van der Waals surface area contributed by atoms with E-state index in [9.17, 15) is 10.1 Å². The average molecular weight is 387 g/mol. The standard InChI is InChI=1S/C22H17N3O4/c1-2-28-16-8-10-17(11-9-16)29-22-12-7-15(13-21(22)25(26)27)20-14-23-18-5-3-4-6-19(18)24-20/h3-14H,2H2,1H3. The molecule has 0 bridgehead atoms. The second-order valence-corrected chi connectivity index (χ2v) is 6.19. The molecule has 0 atom stereocenters. The minimum absolute atomic E-state index is 0.147. The predicted octanol–water partition coefficient (Wildman–Crippen LogP) is 5.40. The van der Waals surface area contributed by atoms with Crippen LogP contribution in [0.3, 0.4) is 0 Å². The summed E-state index contributed by atoms with van der Waals surface area (Å²) in [5.41, 5.74) is 2.49. The van der Waals surface area contributed by atoms with E-state index in [-0.39, 0.29) is 11.4 Å². The molecule has 7 heteroatoms. The zero-order chi connectivity index (χ0) is 20.2. The lowest BCUT2D eigenvalue weighted by Crippen LogP contribution is -1.96. The zero-order valence-corrected chi connectivity index (χ0v) is 15.6. The molecule has 1 aromatic heterocycles. The Morgan fingerprint density at radius 3 is 2.41 bits per heavy atom. The number of hydrogen-bond donors (Lipinski definition) is 0. The van der Waals surface area contributed by atoms with E-state index in [1.54, 1.807) is 42.6 Å². The Morgan fingerprint density at radius 2 is 1.69 bits per heavy atom. The first-order valence-corrected chi connectivity index (χ1v) is 9.05. The lowest BCUT2D eigenvalue weighted by Gasteiger charge is -2.09. The first-order chi connectivity index (χ1) is 14.1. The number of nitrogens with zero attached hydrogens (tertiary/aromatic N) is 3. The Bertz CT molecular complexity index is 1180. The van der Waals surface area contributed by atoms with Crippen LogP contribution in [0, 0.1) is 10.1 Å². The van der Waals surface area contributed by atoms with Crippen molar-refractivity contribution < 1.29 is 14.4 Å². The number of hydrogen-bond acceptors (Lipinski definition) is 6. The number of rotatable bonds is 6. The summed E-state index contributed by atoms with van der Waals surface area (Å²) in [5.74, 6) is 1.34. The maximum absolute atomic E-state index is 11.6. The minimum atomic E-state index is -0.470. The second kappa shape index (κ2) is 7.93. The molecular weight excluding hydrogens is 370 g/mol. The predicted molar refractivity (Wildman–Crippen MR) is 109 cm³/mol. The molecule has 144 valence electrons. The number of nitro benzene ring substituents is 1. The molecule has 0 fully saturated rings. The van der Waals surface area contributed by atoms with E-state index in [0.29, 0.717) is 29.4 Å². The van der Waals surface area contributed by atoms with Gasteiger partial charge in [0.25, 0.3) is 0 Å². The van der Waals surface area contributed by atoms with Crippen LogP contribution in [0.5, 0.6) is 17.2 Å². The first kappa shape index (κ1) is 18.4. The summed E-state index contributed by atoms with van der Waals surface area (Å²) < 4.78 is 11.1. The fraction of sp³-hybridized carbons (Fsp3) is 0.0909. The van der Waals surface area contributed by atoms with Crippen LogP contribution < -0.4 is 9.47 Å². The number of benzene rings is 3. The molecule has 7 nitrogen and oxygen atoms in total. The van der Waals surface area contributed by atoms with E-state index in [0.717, 1.165) is 11.0 Å². The van der Waals surface area contributed by atoms with E-state index in [1.165, 1.54) is 6.07 Å². The van der Waals surface area contributed by atoms with Gasteiger partial charge < -0.3 is 9.47 Å². The molecule has 0 radical (unpaired) electrons. The summed E-state index contributed by atoms with van der Waals surface area (Å²) in [6, 6.07) is 19.1. The molecule has 4 rings (SSSR count). The van der Waals surface area contributed by atoms with E-state index >= 15 is 0 Å². The summed E-state index contributed by atoms with van der Waals surface area (Å²) in [5, 5.41) is 11.6. The fourth-order valence-corrected chi connectivity index (χ4v) is 2.90. The number of nitro groups is 1. The van der Waals surface area contributed by atoms with E-state index in [4.69, 9.17) is 9.47 Å². The Kier molecular flexibility index (Phi) is 5.03. The Balaban J connectivity index is 1.66. The highest BCUT2D eigenvalue weighted by Gasteiger charge is 2.18. The highest BCUT2D eigenvalue weighted by atomic mass is 16.6. The van der Waals surface area contributed by atoms with Crippen molar-refractivity contribution in [2.75, 3.05) is 6.61 Å². The van der Waals surface area contributed by atoms with Gasteiger partial charge in [0.2, 0.25) is 5.75 Å². The van der Waals surface area contributed by atoms with Crippen LogP contribution in [0.2, 0.25) is 0 Å². The fourth-order valence-electron chi connectivity index (χ4n) is 2.90. The van der Waals surface area contributed by atoms with Gasteiger partial charge in [0.15, 0.2) is 0 Å². The maximum Gasteiger partial charge on any atom is 0.312 e. The van der Waals surface area contributed by atoms with Crippen LogP contribution in [0.15, 0.2) is 72.9 Å². The van der Waals surface area contributed by atoms with Gasteiger partial charge in [-0.2, -0.15) is 0 Å². The quantitative estimate of drug-likeness (QED) is 0.325. The minimum Gasteiger partial charge on any atom is -0.494 e. The van der Waals surface area contributed by atoms with Crippen LogP contribution in [0.4, 0.5) is 5.69 Å². The highest BCUT2D eigenvalue weighted by molar-refractivity contribution is 5.77. The van der Waals surface area contributed by atoms with Crippen LogP contribution >= 0.6 is 0 Å². The van der Waals surface area contributed by atoms with Crippen LogP contribution in [0.1, 0.15) is 6.92 Å². The first-order valence-electron chi connectivity index (χ1n) is 9.05. The van der Waals surface area contributed by atoms with Gasteiger partial charge in [-0.1, -0.05) is 12.1 Å². The molecule has 29 heavy (non-hydrogen) atoms. The van der Waals surface area contributed by atoms with Gasteiger partial charge in [-0.15, -0.1) is 0 Å². The molecule has 0 amide bonds. The van der Waals surface area contributed by atoms with Crippen LogP contribution in [-0.4, -0.2) is 21.5 Å². The van der Waals surface area contributed by atoms with Crippen LogP contribution in [-0.2, 0) is 0 Å². The summed E-state index contributed by atoms with van der Waals surface area (Å²) >= 11 is 0. The summed E-state index contributed by atoms with van der Waals surface area (Å²) in [7, 11) is 0. The van der Waals surface area contributed by atoms with Crippen molar-refractivity contribution in [3.8, 4) is 28.5 Å². The highest BCUT2D eigenvalue weighted by Crippen LogP contribution is 2.35. The molecule has 0 N–H and O–H groups in total. The van der Waals surface area contributed by atoms with Crippen molar-refractivity contribution in [2.24, 2.45) is 0 Å². The summed E-state index contributed by atoms with van der Waals surface area (Å²) in [4.78, 5) is 20.1. The molecule has 0 saturated carbocycles. The van der Waals surface area contributed by atoms with Crippen molar-refractivity contribution in [1.29, 1.82) is 0 Å². The Morgan fingerprint density at radius 1 is 0.966 bits per heavy atom. The number of fused-ring (bicyclic) bond motifs is 1. The second-order valence-electron chi connectivity index (χ2n) is 6.19. The Labute approximate surface area is 166 Å². The van der Waals surface area contributed by atoms with Crippen molar-refractivity contribution in [2.45, 2.75) is 6.92 Å². The maximum atomic E-state index is 11.6. The third-order valence-electron chi connectivity index (χ3n) is 4.26. The van der Waals surface area contributed by atoms with Gasteiger partial charge >= 0.3 is 5.69 Å². The molecule has 0 spiro atoms. The van der Waals surface area contributed by atoms with Gasteiger partial charge in [-0.25, -0.2) is 4.98 Å². The topological polar surface area (TPSA) is 87.4 Å². The summed E-state index contributed by atoms with van der Waals surface area (Å²) in [6.45, 7) is 2.46. The smallest absolute Gasteiger partial charge is 0.312 e. The molecule has 0 aliphatic heterocycles. The van der Waals surface area contributed by atoms with Gasteiger partial charge in [-0.3, -0.25) is 15.1 Å². The lowest BCUT2D eigenvalue weighted by molar-refractivity contribution is -0.385. The largest absolute Gasteiger partial charge is 0.494 e. The van der Waals surface area contributed by atoms with Gasteiger partial charge in [0.1, 0.15) is 11.5 Å². The monoisotopic (exact) mass is 387 g/mol. The lowest BCUT2D eigenvalue weighted by atomic mass is 10.1. The van der Waals surface area contributed by atoms with Crippen molar-refractivity contribution in [3.63, 3.8) is 0 Å². The van der Waals surface area contributed by atoms with Crippen molar-refractivity contribution >= 4 is 16.7 Å². The Hall–Kier alpha value is -4.00. The number of para-hydroxylation sites is 2. The molecule has 4 aromatic rings. The number of ether oxygens (including phenoxy) is 2. The molecular formula is C22H17N3O4. The number of aromatic nitrogens is 2. The van der Waals surface area contributed by atoms with E-state index in [2.05, 4.69) is 9.97 Å².